The van der Waals surface area contributed by atoms with Crippen molar-refractivity contribution in [3.05, 3.63) is 58.4 Å². The molecule has 0 amide bonds. The largest absolute Gasteiger partial charge is 0.458 e. The fourth-order valence-corrected chi connectivity index (χ4v) is 3.32. The maximum Gasteiger partial charge on any atom is 0.338 e. The Labute approximate surface area is 133 Å². The van der Waals surface area contributed by atoms with E-state index in [1.807, 2.05) is 18.2 Å². The number of rotatable bonds is 2. The first-order valence-corrected chi connectivity index (χ1v) is 7.59. The second-order valence-electron chi connectivity index (χ2n) is 6.09. The molecule has 5 heteroatoms. The van der Waals surface area contributed by atoms with Gasteiger partial charge in [-0.25, -0.2) is 9.59 Å². The smallest absolute Gasteiger partial charge is 0.338 e. The standard InChI is InChI=1S/C18H16O5/c1-9-10(2)18(23-16(9)19)21-8-14-13-7-11-5-3-4-6-12(11)15(13)22-17(14)20/h3-6,8,13,15,18H,7H2,1-2H3/t13-,15-,18+/m1/s1. The zero-order valence-corrected chi connectivity index (χ0v) is 12.9. The van der Waals surface area contributed by atoms with Gasteiger partial charge in [0.15, 0.2) is 0 Å². The van der Waals surface area contributed by atoms with Crippen LogP contribution in [0.1, 0.15) is 31.1 Å². The molecule has 1 aromatic carbocycles. The Bertz CT molecular complexity index is 773. The number of ether oxygens (including phenoxy) is 3. The molecule has 1 aliphatic carbocycles. The molecule has 3 atom stereocenters. The van der Waals surface area contributed by atoms with E-state index < -0.39 is 6.29 Å². The minimum absolute atomic E-state index is 0.0395. The van der Waals surface area contributed by atoms with Gasteiger partial charge >= 0.3 is 11.9 Å². The van der Waals surface area contributed by atoms with Gasteiger partial charge in [-0.15, -0.1) is 0 Å². The van der Waals surface area contributed by atoms with E-state index in [2.05, 4.69) is 6.07 Å². The third kappa shape index (κ3) is 2.07. The van der Waals surface area contributed by atoms with Gasteiger partial charge < -0.3 is 14.2 Å². The normalized spacial score (nSPS) is 30.3. The van der Waals surface area contributed by atoms with Gasteiger partial charge in [0.2, 0.25) is 0 Å². The number of esters is 2. The minimum atomic E-state index is -0.759. The number of hydrogen-bond donors (Lipinski definition) is 0. The molecule has 0 radical (unpaired) electrons. The second kappa shape index (κ2) is 4.98. The predicted octanol–water partition coefficient (Wildman–Crippen LogP) is 2.58. The summed E-state index contributed by atoms with van der Waals surface area (Å²) in [6.45, 7) is 3.48. The molecule has 1 saturated heterocycles. The lowest BCUT2D eigenvalue weighted by molar-refractivity contribution is -0.153. The lowest BCUT2D eigenvalue weighted by Crippen LogP contribution is -2.14. The molecular weight excluding hydrogens is 296 g/mol. The Morgan fingerprint density at radius 1 is 1.13 bits per heavy atom. The van der Waals surface area contributed by atoms with Crippen molar-refractivity contribution < 1.29 is 23.8 Å². The van der Waals surface area contributed by atoms with Crippen LogP contribution in [0.5, 0.6) is 0 Å². The molecule has 2 heterocycles. The monoisotopic (exact) mass is 312 g/mol. The van der Waals surface area contributed by atoms with Gasteiger partial charge in [-0.05, 0) is 31.4 Å². The van der Waals surface area contributed by atoms with E-state index in [-0.39, 0.29) is 24.0 Å². The summed E-state index contributed by atoms with van der Waals surface area (Å²) >= 11 is 0. The molecule has 4 rings (SSSR count). The maximum absolute atomic E-state index is 12.1. The second-order valence-corrected chi connectivity index (χ2v) is 6.09. The fourth-order valence-electron chi connectivity index (χ4n) is 3.32. The molecule has 0 saturated carbocycles. The van der Waals surface area contributed by atoms with E-state index in [1.54, 1.807) is 13.8 Å². The highest BCUT2D eigenvalue weighted by Gasteiger charge is 2.46. The van der Waals surface area contributed by atoms with E-state index in [9.17, 15) is 9.59 Å². The summed E-state index contributed by atoms with van der Waals surface area (Å²) in [7, 11) is 0. The molecule has 23 heavy (non-hydrogen) atoms. The van der Waals surface area contributed by atoms with Crippen LogP contribution < -0.4 is 0 Å². The van der Waals surface area contributed by atoms with Crippen molar-refractivity contribution in [2.24, 2.45) is 5.92 Å². The molecule has 2 aliphatic heterocycles. The Hall–Kier alpha value is -2.56. The van der Waals surface area contributed by atoms with Crippen molar-refractivity contribution in [3.8, 4) is 0 Å². The molecule has 0 unspecified atom stereocenters. The van der Waals surface area contributed by atoms with Gasteiger partial charge in [-0.3, -0.25) is 0 Å². The third-order valence-electron chi connectivity index (χ3n) is 4.82. The van der Waals surface area contributed by atoms with E-state index >= 15 is 0 Å². The molecule has 0 bridgehead atoms. The zero-order valence-electron chi connectivity index (χ0n) is 12.9. The number of hydrogen-bond acceptors (Lipinski definition) is 5. The highest BCUT2D eigenvalue weighted by molar-refractivity contribution is 5.92. The minimum Gasteiger partial charge on any atom is -0.458 e. The van der Waals surface area contributed by atoms with Gasteiger partial charge in [-0.2, -0.15) is 0 Å². The van der Waals surface area contributed by atoms with Crippen molar-refractivity contribution in [3.63, 3.8) is 0 Å². The van der Waals surface area contributed by atoms with Gasteiger partial charge in [0, 0.05) is 17.1 Å². The maximum atomic E-state index is 12.1. The summed E-state index contributed by atoms with van der Waals surface area (Å²) in [5.74, 6) is -0.786. The van der Waals surface area contributed by atoms with E-state index in [1.165, 1.54) is 11.8 Å². The summed E-state index contributed by atoms with van der Waals surface area (Å²) in [6.07, 6.45) is 1.16. The van der Waals surface area contributed by atoms with Crippen LogP contribution >= 0.6 is 0 Å². The van der Waals surface area contributed by atoms with Gasteiger partial charge in [0.1, 0.15) is 6.10 Å². The van der Waals surface area contributed by atoms with Crippen LogP contribution in [-0.4, -0.2) is 18.2 Å². The summed E-state index contributed by atoms with van der Waals surface area (Å²) < 4.78 is 16.2. The van der Waals surface area contributed by atoms with Crippen molar-refractivity contribution in [2.75, 3.05) is 0 Å². The summed E-state index contributed by atoms with van der Waals surface area (Å²) in [5.41, 5.74) is 4.03. The van der Waals surface area contributed by atoms with Crippen LogP contribution in [0.25, 0.3) is 0 Å². The Morgan fingerprint density at radius 2 is 1.91 bits per heavy atom. The van der Waals surface area contributed by atoms with Gasteiger partial charge in [-0.1, -0.05) is 24.3 Å². The first kappa shape index (κ1) is 14.1. The Kier molecular flexibility index (Phi) is 3.04. The van der Waals surface area contributed by atoms with Crippen molar-refractivity contribution >= 4 is 11.9 Å². The third-order valence-corrected chi connectivity index (χ3v) is 4.82. The van der Waals surface area contributed by atoms with E-state index in [0.717, 1.165) is 17.6 Å². The molecule has 5 nitrogen and oxygen atoms in total. The first-order valence-electron chi connectivity index (χ1n) is 7.59. The van der Waals surface area contributed by atoms with E-state index in [0.29, 0.717) is 11.1 Å². The number of benzene rings is 1. The van der Waals surface area contributed by atoms with Crippen LogP contribution in [0.4, 0.5) is 0 Å². The quantitative estimate of drug-likeness (QED) is 0.477. The molecule has 1 fully saturated rings. The van der Waals surface area contributed by atoms with Crippen LogP contribution in [0.15, 0.2) is 47.2 Å². The number of cyclic esters (lactones) is 1. The highest BCUT2D eigenvalue weighted by atomic mass is 16.7. The number of fused-ring (bicyclic) bond motifs is 3. The van der Waals surface area contributed by atoms with Crippen molar-refractivity contribution in [2.45, 2.75) is 32.7 Å². The number of carbonyl (C=O) groups excluding carboxylic acids is 2. The molecule has 1 aromatic rings. The van der Waals surface area contributed by atoms with Gasteiger partial charge in [0.05, 0.1) is 11.8 Å². The molecule has 3 aliphatic rings. The zero-order chi connectivity index (χ0) is 16.1. The molecule has 0 N–H and O–H groups in total. The van der Waals surface area contributed by atoms with Gasteiger partial charge in [0.25, 0.3) is 6.29 Å². The fraction of sp³-hybridized carbons (Fsp3) is 0.333. The first-order chi connectivity index (χ1) is 11.1. The Balaban J connectivity index is 1.57. The topological polar surface area (TPSA) is 61.8 Å². The summed E-state index contributed by atoms with van der Waals surface area (Å²) in [5, 5.41) is 0. The Morgan fingerprint density at radius 3 is 2.65 bits per heavy atom. The van der Waals surface area contributed by atoms with Crippen LogP contribution in [0.3, 0.4) is 0 Å². The molecule has 0 aromatic heterocycles. The molecular formula is C18H16O5. The van der Waals surface area contributed by atoms with Crippen LogP contribution in [0, 0.1) is 5.92 Å². The predicted molar refractivity (Wildman–Crippen MR) is 79.9 cm³/mol. The summed E-state index contributed by atoms with van der Waals surface area (Å²) in [6, 6.07) is 7.97. The van der Waals surface area contributed by atoms with E-state index in [4.69, 9.17) is 14.2 Å². The molecule has 0 spiro atoms. The SMILES string of the molecule is CC1=C(C)[C@@H](OC=C2C(=O)O[C@@H]3c4ccccc4C[C@H]23)OC1=O. The highest BCUT2D eigenvalue weighted by Crippen LogP contribution is 2.47. The number of carbonyl (C=O) groups is 2. The van der Waals surface area contributed by atoms with Crippen molar-refractivity contribution in [1.82, 2.24) is 0 Å². The average Bonchev–Trinajstić information content (AvgIpc) is 3.12. The lowest BCUT2D eigenvalue weighted by Gasteiger charge is -2.12. The average molecular weight is 312 g/mol. The van der Waals surface area contributed by atoms with Crippen LogP contribution in [0.2, 0.25) is 0 Å². The lowest BCUT2D eigenvalue weighted by atomic mass is 9.98. The molecule has 118 valence electrons. The van der Waals surface area contributed by atoms with Crippen LogP contribution in [-0.2, 0) is 30.2 Å². The summed E-state index contributed by atoms with van der Waals surface area (Å²) in [4.78, 5) is 23.6. The van der Waals surface area contributed by atoms with Crippen molar-refractivity contribution in [1.29, 1.82) is 0 Å².